The van der Waals surface area contributed by atoms with Crippen LogP contribution in [-0.2, 0) is 13.5 Å². The summed E-state index contributed by atoms with van der Waals surface area (Å²) >= 11 is 0. The van der Waals surface area contributed by atoms with Crippen LogP contribution in [0.4, 0.5) is 0 Å². The lowest BCUT2D eigenvalue weighted by atomic mass is 10.3. The van der Waals surface area contributed by atoms with Crippen molar-refractivity contribution in [1.82, 2.24) is 25.3 Å². The van der Waals surface area contributed by atoms with Crippen molar-refractivity contribution in [2.45, 2.75) is 19.8 Å². The minimum Gasteiger partial charge on any atom is -0.351 e. The van der Waals surface area contributed by atoms with Gasteiger partial charge in [0.15, 0.2) is 0 Å². The van der Waals surface area contributed by atoms with E-state index in [2.05, 4.69) is 20.6 Å². The Labute approximate surface area is 120 Å². The molecule has 112 valence electrons. The van der Waals surface area contributed by atoms with Crippen LogP contribution < -0.4 is 10.6 Å². The van der Waals surface area contributed by atoms with Crippen LogP contribution in [0.1, 0.15) is 29.5 Å². The van der Waals surface area contributed by atoms with Crippen LogP contribution in [-0.4, -0.2) is 59.9 Å². The number of aryl methyl sites for hydroxylation is 2. The number of aromatic nitrogens is 2. The van der Waals surface area contributed by atoms with Crippen LogP contribution in [0.25, 0.3) is 0 Å². The zero-order valence-corrected chi connectivity index (χ0v) is 12.5. The number of piperazine rings is 1. The molecule has 2 N–H and O–H groups in total. The molecule has 20 heavy (non-hydrogen) atoms. The fourth-order valence-electron chi connectivity index (χ4n) is 2.44. The summed E-state index contributed by atoms with van der Waals surface area (Å²) in [5.74, 6) is -0.0278. The minimum atomic E-state index is -0.0278. The zero-order chi connectivity index (χ0) is 14.4. The fourth-order valence-corrected chi connectivity index (χ4v) is 2.44. The van der Waals surface area contributed by atoms with E-state index in [0.29, 0.717) is 5.69 Å². The number of hydrogen-bond donors (Lipinski definition) is 2. The van der Waals surface area contributed by atoms with Gasteiger partial charge in [0.2, 0.25) is 0 Å². The second kappa shape index (κ2) is 7.40. The van der Waals surface area contributed by atoms with Crippen molar-refractivity contribution in [3.05, 3.63) is 17.5 Å². The lowest BCUT2D eigenvalue weighted by molar-refractivity contribution is 0.0942. The lowest BCUT2D eigenvalue weighted by Crippen LogP contribution is -2.44. The zero-order valence-electron chi connectivity index (χ0n) is 12.5. The molecule has 2 rings (SSSR count). The van der Waals surface area contributed by atoms with Crippen LogP contribution >= 0.6 is 0 Å². The molecule has 1 amide bonds. The van der Waals surface area contributed by atoms with Gasteiger partial charge < -0.3 is 15.5 Å². The summed E-state index contributed by atoms with van der Waals surface area (Å²) in [6.07, 6.45) is 1.84. The van der Waals surface area contributed by atoms with Gasteiger partial charge >= 0.3 is 0 Å². The Morgan fingerprint density at radius 2 is 2.20 bits per heavy atom. The Bertz CT molecular complexity index is 437. The molecule has 0 spiro atoms. The standard InChI is InChI=1S/C14H25N5O/c1-3-12-11-13(18(2)17-12)14(20)16-5-4-8-19-9-6-15-7-10-19/h11,15H,3-10H2,1-2H3,(H,16,20). The minimum absolute atomic E-state index is 0.0278. The maximum atomic E-state index is 12.1. The number of nitrogens with one attached hydrogen (secondary N) is 2. The number of hydrogen-bond acceptors (Lipinski definition) is 4. The van der Waals surface area contributed by atoms with Gasteiger partial charge in [0.25, 0.3) is 5.91 Å². The van der Waals surface area contributed by atoms with Gasteiger partial charge in [-0.3, -0.25) is 9.48 Å². The van der Waals surface area contributed by atoms with Crippen molar-refractivity contribution in [2.75, 3.05) is 39.3 Å². The topological polar surface area (TPSA) is 62.2 Å². The third-order valence-corrected chi connectivity index (χ3v) is 3.67. The van der Waals surface area contributed by atoms with E-state index >= 15 is 0 Å². The highest BCUT2D eigenvalue weighted by Gasteiger charge is 2.12. The van der Waals surface area contributed by atoms with Gasteiger partial charge in [-0.2, -0.15) is 5.10 Å². The smallest absolute Gasteiger partial charge is 0.269 e. The average Bonchev–Trinajstić information content (AvgIpc) is 2.86. The summed E-state index contributed by atoms with van der Waals surface area (Å²) < 4.78 is 1.66. The van der Waals surface area contributed by atoms with Crippen molar-refractivity contribution < 1.29 is 4.79 Å². The highest BCUT2D eigenvalue weighted by Crippen LogP contribution is 2.03. The molecule has 1 aliphatic rings. The predicted octanol–water partition coefficient (Wildman–Crippen LogP) is 0.00760. The Morgan fingerprint density at radius 1 is 1.45 bits per heavy atom. The summed E-state index contributed by atoms with van der Waals surface area (Å²) in [5, 5.41) is 10.6. The van der Waals surface area contributed by atoms with Crippen LogP contribution in [0.2, 0.25) is 0 Å². The first-order chi connectivity index (χ1) is 9.70. The Balaban J connectivity index is 1.70. The first-order valence-electron chi connectivity index (χ1n) is 7.45. The average molecular weight is 279 g/mol. The molecule has 0 atom stereocenters. The maximum absolute atomic E-state index is 12.1. The first kappa shape index (κ1) is 15.0. The lowest BCUT2D eigenvalue weighted by Gasteiger charge is -2.27. The monoisotopic (exact) mass is 279 g/mol. The normalized spacial score (nSPS) is 16.3. The van der Waals surface area contributed by atoms with Crippen LogP contribution in [0.3, 0.4) is 0 Å². The molecule has 0 bridgehead atoms. The molecule has 0 radical (unpaired) electrons. The van der Waals surface area contributed by atoms with E-state index in [1.807, 2.05) is 20.0 Å². The van der Waals surface area contributed by atoms with Crippen molar-refractivity contribution in [1.29, 1.82) is 0 Å². The molecule has 1 aromatic heterocycles. The van der Waals surface area contributed by atoms with Crippen molar-refractivity contribution >= 4 is 5.91 Å². The summed E-state index contributed by atoms with van der Waals surface area (Å²) in [4.78, 5) is 14.5. The highest BCUT2D eigenvalue weighted by molar-refractivity contribution is 5.92. The maximum Gasteiger partial charge on any atom is 0.269 e. The van der Waals surface area contributed by atoms with E-state index in [4.69, 9.17) is 0 Å². The molecular formula is C14H25N5O. The molecule has 1 saturated heterocycles. The summed E-state index contributed by atoms with van der Waals surface area (Å²) in [6, 6.07) is 1.87. The van der Waals surface area contributed by atoms with Gasteiger partial charge in [-0.05, 0) is 25.5 Å². The van der Waals surface area contributed by atoms with Crippen molar-refractivity contribution in [2.24, 2.45) is 7.05 Å². The number of nitrogens with zero attached hydrogens (tertiary/aromatic N) is 3. The van der Waals surface area contributed by atoms with Crippen LogP contribution in [0.5, 0.6) is 0 Å². The third-order valence-electron chi connectivity index (χ3n) is 3.67. The Hall–Kier alpha value is -1.40. The van der Waals surface area contributed by atoms with Gasteiger partial charge in [-0.15, -0.1) is 0 Å². The summed E-state index contributed by atoms with van der Waals surface area (Å²) in [6.45, 7) is 8.16. The molecule has 6 nitrogen and oxygen atoms in total. The molecular weight excluding hydrogens is 254 g/mol. The Kier molecular flexibility index (Phi) is 5.55. The molecule has 6 heteroatoms. The quantitative estimate of drug-likeness (QED) is 0.720. The van der Waals surface area contributed by atoms with Crippen molar-refractivity contribution in [3.63, 3.8) is 0 Å². The molecule has 0 aliphatic carbocycles. The number of carbonyl (C=O) groups excluding carboxylic acids is 1. The Morgan fingerprint density at radius 3 is 2.85 bits per heavy atom. The molecule has 0 aromatic carbocycles. The van der Waals surface area contributed by atoms with E-state index in [1.54, 1.807) is 4.68 Å². The molecule has 2 heterocycles. The van der Waals surface area contributed by atoms with Gasteiger partial charge in [0.05, 0.1) is 5.69 Å². The second-order valence-corrected chi connectivity index (χ2v) is 5.20. The summed E-state index contributed by atoms with van der Waals surface area (Å²) in [7, 11) is 1.81. The highest BCUT2D eigenvalue weighted by atomic mass is 16.2. The van der Waals surface area contributed by atoms with E-state index in [0.717, 1.165) is 57.8 Å². The van der Waals surface area contributed by atoms with E-state index < -0.39 is 0 Å². The fraction of sp³-hybridized carbons (Fsp3) is 0.714. The van der Waals surface area contributed by atoms with Gasteiger partial charge in [-0.1, -0.05) is 6.92 Å². The predicted molar refractivity (Wildman–Crippen MR) is 78.8 cm³/mol. The van der Waals surface area contributed by atoms with E-state index in [9.17, 15) is 4.79 Å². The summed E-state index contributed by atoms with van der Waals surface area (Å²) in [5.41, 5.74) is 1.60. The number of amides is 1. The SMILES string of the molecule is CCc1cc(C(=O)NCCCN2CCNCC2)n(C)n1. The number of carbonyl (C=O) groups is 1. The van der Waals surface area contributed by atoms with E-state index in [1.165, 1.54) is 0 Å². The van der Waals surface area contributed by atoms with Gasteiger partial charge in [0, 0.05) is 39.8 Å². The van der Waals surface area contributed by atoms with E-state index in [-0.39, 0.29) is 5.91 Å². The van der Waals surface area contributed by atoms with Crippen LogP contribution in [0, 0.1) is 0 Å². The molecule has 0 saturated carbocycles. The first-order valence-corrected chi connectivity index (χ1v) is 7.45. The number of rotatable bonds is 6. The molecule has 0 unspecified atom stereocenters. The largest absolute Gasteiger partial charge is 0.351 e. The van der Waals surface area contributed by atoms with Crippen molar-refractivity contribution in [3.8, 4) is 0 Å². The molecule has 1 aliphatic heterocycles. The van der Waals surface area contributed by atoms with Gasteiger partial charge in [0.1, 0.15) is 5.69 Å². The molecule has 1 fully saturated rings. The molecule has 1 aromatic rings. The third kappa shape index (κ3) is 4.05. The van der Waals surface area contributed by atoms with Crippen LogP contribution in [0.15, 0.2) is 6.07 Å². The van der Waals surface area contributed by atoms with Gasteiger partial charge in [-0.25, -0.2) is 0 Å². The second-order valence-electron chi connectivity index (χ2n) is 5.20.